The fourth-order valence-electron chi connectivity index (χ4n) is 2.70. The van der Waals surface area contributed by atoms with Crippen LogP contribution in [0.3, 0.4) is 0 Å². The van der Waals surface area contributed by atoms with Crippen molar-refractivity contribution in [2.75, 3.05) is 18.9 Å². The minimum Gasteiger partial charge on any atom is -0.461 e. The lowest BCUT2D eigenvalue weighted by molar-refractivity contribution is -0.129. The average Bonchev–Trinajstić information content (AvgIpc) is 3.15. The lowest BCUT2D eigenvalue weighted by atomic mass is 10.3. The maximum atomic E-state index is 12.2. The van der Waals surface area contributed by atoms with Gasteiger partial charge in [0.05, 0.1) is 12.2 Å². The first-order valence-electron chi connectivity index (χ1n) is 8.51. The van der Waals surface area contributed by atoms with Crippen LogP contribution >= 0.6 is 15.9 Å². The average molecular weight is 417 g/mol. The summed E-state index contributed by atoms with van der Waals surface area (Å²) in [7, 11) is 1.59. The second-order valence-corrected chi connectivity index (χ2v) is 7.47. The molecule has 0 radical (unpaired) electrons. The SMILES string of the molecule is CC1CC1c1ccc(/C=C/C(=O)N(C)CC(=O)Nc2ccccc2Br)o1. The van der Waals surface area contributed by atoms with E-state index >= 15 is 0 Å². The molecule has 1 aliphatic carbocycles. The highest BCUT2D eigenvalue weighted by molar-refractivity contribution is 9.10. The first kappa shape index (κ1) is 18.5. The molecular formula is C20H21BrN2O3. The second-order valence-electron chi connectivity index (χ2n) is 6.62. The number of hydrogen-bond donors (Lipinski definition) is 1. The first-order valence-corrected chi connectivity index (χ1v) is 9.30. The van der Waals surface area contributed by atoms with E-state index in [4.69, 9.17) is 4.42 Å². The van der Waals surface area contributed by atoms with E-state index in [2.05, 4.69) is 28.2 Å². The number of hydrogen-bond acceptors (Lipinski definition) is 3. The Bertz CT molecular complexity index is 843. The molecule has 1 aliphatic rings. The van der Waals surface area contributed by atoms with Gasteiger partial charge >= 0.3 is 0 Å². The number of halogens is 1. The van der Waals surface area contributed by atoms with Crippen LogP contribution in [0.25, 0.3) is 6.08 Å². The summed E-state index contributed by atoms with van der Waals surface area (Å²) in [5.74, 6) is 2.30. The molecule has 1 fully saturated rings. The second kappa shape index (κ2) is 7.91. The molecule has 2 unspecified atom stereocenters. The molecule has 1 saturated carbocycles. The number of carbonyl (C=O) groups is 2. The Morgan fingerprint density at radius 2 is 2.04 bits per heavy atom. The van der Waals surface area contributed by atoms with E-state index < -0.39 is 0 Å². The molecule has 3 rings (SSSR count). The molecule has 1 aromatic carbocycles. The number of para-hydroxylation sites is 1. The van der Waals surface area contributed by atoms with Crippen LogP contribution in [0.4, 0.5) is 5.69 Å². The summed E-state index contributed by atoms with van der Waals surface area (Å²) >= 11 is 3.37. The van der Waals surface area contributed by atoms with E-state index in [1.165, 1.54) is 11.0 Å². The van der Waals surface area contributed by atoms with Crippen LogP contribution in [0.1, 0.15) is 30.8 Å². The van der Waals surface area contributed by atoms with Crippen molar-refractivity contribution >= 4 is 39.5 Å². The highest BCUT2D eigenvalue weighted by atomic mass is 79.9. The maximum absolute atomic E-state index is 12.2. The topological polar surface area (TPSA) is 62.6 Å². The summed E-state index contributed by atoms with van der Waals surface area (Å²) in [6, 6.07) is 11.2. The number of likely N-dealkylation sites (N-methyl/N-ethyl adjacent to an activating group) is 1. The lowest BCUT2D eigenvalue weighted by Gasteiger charge is -2.15. The predicted molar refractivity (Wildman–Crippen MR) is 105 cm³/mol. The minimum atomic E-state index is -0.260. The van der Waals surface area contributed by atoms with E-state index in [0.717, 1.165) is 16.7 Å². The molecule has 5 nitrogen and oxygen atoms in total. The van der Waals surface area contributed by atoms with Gasteiger partial charge in [-0.25, -0.2) is 0 Å². The van der Waals surface area contributed by atoms with Gasteiger partial charge in [-0.1, -0.05) is 19.1 Å². The fourth-order valence-corrected chi connectivity index (χ4v) is 3.09. The molecule has 0 saturated heterocycles. The van der Waals surface area contributed by atoms with Crippen LogP contribution in [0.5, 0.6) is 0 Å². The highest BCUT2D eigenvalue weighted by Gasteiger charge is 2.36. The van der Waals surface area contributed by atoms with Crippen molar-refractivity contribution < 1.29 is 14.0 Å². The summed E-state index contributed by atoms with van der Waals surface area (Å²) in [4.78, 5) is 25.6. The van der Waals surface area contributed by atoms with Gasteiger partial charge in [0.1, 0.15) is 11.5 Å². The Balaban J connectivity index is 1.51. The molecule has 2 atom stereocenters. The number of rotatable bonds is 6. The fraction of sp³-hybridized carbons (Fsp3) is 0.300. The van der Waals surface area contributed by atoms with Gasteiger partial charge in [0.25, 0.3) is 0 Å². The summed E-state index contributed by atoms with van der Waals surface area (Å²) in [5.41, 5.74) is 0.673. The van der Waals surface area contributed by atoms with Crippen LogP contribution in [-0.2, 0) is 9.59 Å². The van der Waals surface area contributed by atoms with E-state index in [1.54, 1.807) is 19.2 Å². The molecule has 2 aromatic rings. The number of furan rings is 1. The van der Waals surface area contributed by atoms with E-state index in [-0.39, 0.29) is 18.4 Å². The number of nitrogens with one attached hydrogen (secondary N) is 1. The van der Waals surface area contributed by atoms with Crippen molar-refractivity contribution in [3.63, 3.8) is 0 Å². The Labute approximate surface area is 161 Å². The third-order valence-electron chi connectivity index (χ3n) is 4.42. The zero-order valence-corrected chi connectivity index (χ0v) is 16.3. The normalized spacial score (nSPS) is 18.7. The van der Waals surface area contributed by atoms with Gasteiger partial charge in [-0.2, -0.15) is 0 Å². The number of amides is 2. The first-order chi connectivity index (χ1) is 12.4. The monoisotopic (exact) mass is 416 g/mol. The van der Waals surface area contributed by atoms with Crippen LogP contribution in [-0.4, -0.2) is 30.3 Å². The smallest absolute Gasteiger partial charge is 0.246 e. The van der Waals surface area contributed by atoms with Gasteiger partial charge in [0.15, 0.2) is 0 Å². The Morgan fingerprint density at radius 1 is 1.31 bits per heavy atom. The Morgan fingerprint density at radius 3 is 2.73 bits per heavy atom. The minimum absolute atomic E-state index is 0.0342. The number of carbonyl (C=O) groups excluding carboxylic acids is 2. The largest absolute Gasteiger partial charge is 0.461 e. The Kier molecular flexibility index (Phi) is 5.61. The Hall–Kier alpha value is -2.34. The quantitative estimate of drug-likeness (QED) is 0.714. The van der Waals surface area contributed by atoms with E-state index in [9.17, 15) is 9.59 Å². The van der Waals surface area contributed by atoms with Gasteiger partial charge in [-0.05, 0) is 58.6 Å². The van der Waals surface area contributed by atoms with Gasteiger partial charge in [0.2, 0.25) is 11.8 Å². The molecule has 26 heavy (non-hydrogen) atoms. The van der Waals surface area contributed by atoms with Crippen LogP contribution in [0.2, 0.25) is 0 Å². The summed E-state index contributed by atoms with van der Waals surface area (Å²) in [5, 5.41) is 2.77. The standard InChI is InChI=1S/C20H21BrN2O3/c1-13-11-15(13)18-9-7-14(26-18)8-10-20(25)23(2)12-19(24)22-17-6-4-3-5-16(17)21/h3-10,13,15H,11-12H2,1-2H3,(H,22,24)/b10-8+. The molecule has 0 aliphatic heterocycles. The van der Waals surface area contributed by atoms with E-state index in [0.29, 0.717) is 23.3 Å². The van der Waals surface area contributed by atoms with Crippen molar-refractivity contribution in [2.24, 2.45) is 5.92 Å². The van der Waals surface area contributed by atoms with Crippen molar-refractivity contribution in [3.8, 4) is 0 Å². The van der Waals surface area contributed by atoms with Crippen LogP contribution in [0.15, 0.2) is 51.4 Å². The van der Waals surface area contributed by atoms with Crippen molar-refractivity contribution in [1.29, 1.82) is 0 Å². The molecule has 6 heteroatoms. The summed E-state index contributed by atoms with van der Waals surface area (Å²) < 4.78 is 6.53. The number of nitrogens with zero attached hydrogens (tertiary/aromatic N) is 1. The lowest BCUT2D eigenvalue weighted by Crippen LogP contribution is -2.33. The molecule has 136 valence electrons. The van der Waals surface area contributed by atoms with Crippen LogP contribution in [0, 0.1) is 5.92 Å². The molecule has 1 N–H and O–H groups in total. The molecule has 1 heterocycles. The molecule has 2 amide bonds. The van der Waals surface area contributed by atoms with E-state index in [1.807, 2.05) is 30.3 Å². The highest BCUT2D eigenvalue weighted by Crippen LogP contribution is 2.47. The molecule has 0 bridgehead atoms. The number of anilines is 1. The van der Waals surface area contributed by atoms with Crippen molar-refractivity contribution in [1.82, 2.24) is 4.90 Å². The maximum Gasteiger partial charge on any atom is 0.246 e. The summed E-state index contributed by atoms with van der Waals surface area (Å²) in [6.07, 6.45) is 4.22. The van der Waals surface area contributed by atoms with Gasteiger partial charge in [-0.15, -0.1) is 0 Å². The summed E-state index contributed by atoms with van der Waals surface area (Å²) in [6.45, 7) is 2.16. The zero-order chi connectivity index (χ0) is 18.7. The predicted octanol–water partition coefficient (Wildman–Crippen LogP) is 4.28. The van der Waals surface area contributed by atoms with Gasteiger partial charge in [-0.3, -0.25) is 9.59 Å². The third-order valence-corrected chi connectivity index (χ3v) is 5.11. The van der Waals surface area contributed by atoms with Gasteiger partial charge in [0, 0.05) is 23.5 Å². The van der Waals surface area contributed by atoms with Crippen LogP contribution < -0.4 is 5.32 Å². The van der Waals surface area contributed by atoms with Gasteiger partial charge < -0.3 is 14.6 Å². The molecule has 0 spiro atoms. The van der Waals surface area contributed by atoms with Crippen molar-refractivity contribution in [2.45, 2.75) is 19.3 Å². The molecular weight excluding hydrogens is 396 g/mol. The van der Waals surface area contributed by atoms with Crippen molar-refractivity contribution in [3.05, 3.63) is 58.5 Å². The molecule has 1 aromatic heterocycles. The zero-order valence-electron chi connectivity index (χ0n) is 14.7. The number of benzene rings is 1. The third kappa shape index (κ3) is 4.64.